The topological polar surface area (TPSA) is 67.8 Å². The van der Waals surface area contributed by atoms with E-state index in [1.807, 2.05) is 27.1 Å². The summed E-state index contributed by atoms with van der Waals surface area (Å²) in [6.45, 7) is 5.43. The number of hydrogen-bond acceptors (Lipinski definition) is 5. The minimum Gasteiger partial charge on any atom is -0.508 e. The van der Waals surface area contributed by atoms with Gasteiger partial charge in [-0.05, 0) is 57.7 Å². The summed E-state index contributed by atoms with van der Waals surface area (Å²) in [7, 11) is 4.01. The van der Waals surface area contributed by atoms with Gasteiger partial charge < -0.3 is 20.6 Å². The van der Waals surface area contributed by atoms with Crippen molar-refractivity contribution < 1.29 is 9.90 Å². The lowest BCUT2D eigenvalue weighted by Crippen LogP contribution is -2.44. The number of anilines is 1. The predicted octanol–water partition coefficient (Wildman–Crippen LogP) is 2.83. The Morgan fingerprint density at radius 2 is 1.87 bits per heavy atom. The summed E-state index contributed by atoms with van der Waals surface area (Å²) in [4.78, 5) is 16.2. The highest BCUT2D eigenvalue weighted by Crippen LogP contribution is 2.22. The minimum absolute atomic E-state index is 0.0832. The lowest BCUT2D eigenvalue weighted by atomic mass is 10.1. The van der Waals surface area contributed by atoms with Crippen LogP contribution in [0.15, 0.2) is 54.6 Å². The van der Waals surface area contributed by atoms with E-state index in [2.05, 4.69) is 45.9 Å². The molecule has 1 heterocycles. The minimum atomic E-state index is 0.0832. The number of phenolic OH excluding ortho intramolecular Hbond substituents is 1. The number of carbonyl (C=O) groups excluding carboxylic acids is 1. The number of phenols is 1. The van der Waals surface area contributed by atoms with E-state index < -0.39 is 0 Å². The standard InChI is InChI=1S/C14H21N3O2.C10H15N/c1-3-15-13-10-14(19)17(8-7-16(13)2)11-5-4-6-12(18)9-11;1-11-9-5-8-10-6-3-2-4-7-10/h4-6,9,13,15,18H,3,7-8,10H2,1-2H3;2-4,6-7,11H,5,8-9H2,1H3. The molecule has 1 aliphatic heterocycles. The van der Waals surface area contributed by atoms with Crippen LogP contribution in [0, 0.1) is 0 Å². The Balaban J connectivity index is 0.000000248. The van der Waals surface area contributed by atoms with Crippen LogP contribution in [0.3, 0.4) is 0 Å². The Bertz CT molecular complexity index is 754. The zero-order valence-corrected chi connectivity index (χ0v) is 18.5. The number of hydrogen-bond donors (Lipinski definition) is 3. The third-order valence-corrected chi connectivity index (χ3v) is 5.19. The molecule has 1 amide bonds. The van der Waals surface area contributed by atoms with E-state index in [-0.39, 0.29) is 17.8 Å². The lowest BCUT2D eigenvalue weighted by molar-refractivity contribution is -0.119. The van der Waals surface area contributed by atoms with Crippen molar-refractivity contribution in [2.45, 2.75) is 32.4 Å². The third kappa shape index (κ3) is 7.78. The molecule has 0 aromatic heterocycles. The predicted molar refractivity (Wildman–Crippen MR) is 124 cm³/mol. The van der Waals surface area contributed by atoms with Crippen molar-refractivity contribution in [1.82, 2.24) is 15.5 Å². The van der Waals surface area contributed by atoms with Gasteiger partial charge in [-0.15, -0.1) is 0 Å². The molecular weight excluding hydrogens is 376 g/mol. The zero-order valence-electron chi connectivity index (χ0n) is 18.5. The maximum Gasteiger partial charge on any atom is 0.229 e. The first-order valence-corrected chi connectivity index (χ1v) is 10.8. The molecule has 6 heteroatoms. The molecule has 3 rings (SSSR count). The average molecular weight is 413 g/mol. The first-order chi connectivity index (χ1) is 14.5. The fourth-order valence-electron chi connectivity index (χ4n) is 3.48. The summed E-state index contributed by atoms with van der Waals surface area (Å²) in [5, 5.41) is 16.0. The van der Waals surface area contributed by atoms with Gasteiger partial charge in [0.25, 0.3) is 0 Å². The molecule has 0 bridgehead atoms. The van der Waals surface area contributed by atoms with Crippen molar-refractivity contribution in [3.63, 3.8) is 0 Å². The SMILES string of the molecule is CCNC1CC(=O)N(c2cccc(O)c2)CCN1C.CNCCCc1ccccc1. The smallest absolute Gasteiger partial charge is 0.229 e. The lowest BCUT2D eigenvalue weighted by Gasteiger charge is -2.24. The summed E-state index contributed by atoms with van der Waals surface area (Å²) >= 11 is 0. The van der Waals surface area contributed by atoms with Crippen molar-refractivity contribution in [2.75, 3.05) is 45.2 Å². The van der Waals surface area contributed by atoms with E-state index in [1.54, 1.807) is 23.1 Å². The third-order valence-electron chi connectivity index (χ3n) is 5.19. The van der Waals surface area contributed by atoms with Crippen molar-refractivity contribution in [3.05, 3.63) is 60.2 Å². The van der Waals surface area contributed by atoms with Gasteiger partial charge in [-0.3, -0.25) is 9.69 Å². The molecular formula is C24H36N4O2. The fraction of sp³-hybridized carbons (Fsp3) is 0.458. The van der Waals surface area contributed by atoms with Gasteiger partial charge in [0.15, 0.2) is 0 Å². The average Bonchev–Trinajstić information content (AvgIpc) is 2.88. The van der Waals surface area contributed by atoms with Gasteiger partial charge in [0.05, 0.1) is 12.6 Å². The number of nitrogens with one attached hydrogen (secondary N) is 2. The summed E-state index contributed by atoms with van der Waals surface area (Å²) in [5.74, 6) is 0.270. The largest absolute Gasteiger partial charge is 0.508 e. The Labute approximate surface area is 180 Å². The van der Waals surface area contributed by atoms with Gasteiger partial charge in [0, 0.05) is 24.8 Å². The van der Waals surface area contributed by atoms with Gasteiger partial charge in [-0.2, -0.15) is 0 Å². The molecule has 6 nitrogen and oxygen atoms in total. The van der Waals surface area contributed by atoms with Crippen LogP contribution in [-0.2, 0) is 11.2 Å². The van der Waals surface area contributed by atoms with Crippen molar-refractivity contribution in [1.29, 1.82) is 0 Å². The summed E-state index contributed by atoms with van der Waals surface area (Å²) in [6, 6.07) is 17.4. The molecule has 0 saturated carbocycles. The zero-order chi connectivity index (χ0) is 21.8. The number of aromatic hydroxyl groups is 1. The maximum atomic E-state index is 12.3. The van der Waals surface area contributed by atoms with E-state index in [9.17, 15) is 9.90 Å². The molecule has 0 spiro atoms. The van der Waals surface area contributed by atoms with Gasteiger partial charge in [-0.1, -0.05) is 43.3 Å². The number of nitrogens with zero attached hydrogens (tertiary/aromatic N) is 2. The quantitative estimate of drug-likeness (QED) is 0.610. The highest BCUT2D eigenvalue weighted by atomic mass is 16.3. The van der Waals surface area contributed by atoms with Crippen LogP contribution < -0.4 is 15.5 Å². The van der Waals surface area contributed by atoms with Gasteiger partial charge in [0.2, 0.25) is 5.91 Å². The van der Waals surface area contributed by atoms with E-state index in [0.717, 1.165) is 25.3 Å². The number of rotatable bonds is 7. The van der Waals surface area contributed by atoms with Gasteiger partial charge in [-0.25, -0.2) is 0 Å². The highest BCUT2D eigenvalue weighted by Gasteiger charge is 2.27. The Morgan fingerprint density at radius 3 is 2.53 bits per heavy atom. The molecule has 2 aromatic rings. The summed E-state index contributed by atoms with van der Waals surface area (Å²) in [6.07, 6.45) is 2.93. The molecule has 1 aliphatic rings. The van der Waals surface area contributed by atoms with Crippen LogP contribution in [0.5, 0.6) is 5.75 Å². The molecule has 164 valence electrons. The summed E-state index contributed by atoms with van der Waals surface area (Å²) < 4.78 is 0. The van der Waals surface area contributed by atoms with Crippen LogP contribution in [0.25, 0.3) is 0 Å². The maximum absolute atomic E-state index is 12.3. The molecule has 0 aliphatic carbocycles. The van der Waals surface area contributed by atoms with Crippen molar-refractivity contribution in [3.8, 4) is 5.75 Å². The molecule has 0 radical (unpaired) electrons. The first-order valence-electron chi connectivity index (χ1n) is 10.8. The number of likely N-dealkylation sites (N-methyl/N-ethyl adjacent to an activating group) is 1. The number of benzene rings is 2. The van der Waals surface area contributed by atoms with Crippen LogP contribution >= 0.6 is 0 Å². The molecule has 30 heavy (non-hydrogen) atoms. The fourth-order valence-corrected chi connectivity index (χ4v) is 3.48. The first kappa shape index (κ1) is 23.9. The number of amides is 1. The highest BCUT2D eigenvalue weighted by molar-refractivity contribution is 5.94. The number of carbonyl (C=O) groups is 1. The number of aryl methyl sites for hydroxylation is 1. The van der Waals surface area contributed by atoms with Gasteiger partial charge in [0.1, 0.15) is 5.75 Å². The molecule has 1 fully saturated rings. The van der Waals surface area contributed by atoms with Crippen LogP contribution in [0.1, 0.15) is 25.3 Å². The Morgan fingerprint density at radius 1 is 1.10 bits per heavy atom. The molecule has 1 unspecified atom stereocenters. The normalized spacial score (nSPS) is 17.2. The summed E-state index contributed by atoms with van der Waals surface area (Å²) in [5.41, 5.74) is 2.19. The second-order valence-electron chi connectivity index (χ2n) is 7.52. The second-order valence-corrected chi connectivity index (χ2v) is 7.52. The van der Waals surface area contributed by atoms with Crippen LogP contribution in [-0.4, -0.2) is 62.4 Å². The van der Waals surface area contributed by atoms with Gasteiger partial charge >= 0.3 is 0 Å². The van der Waals surface area contributed by atoms with E-state index in [1.165, 1.54) is 18.4 Å². The van der Waals surface area contributed by atoms with E-state index in [0.29, 0.717) is 13.0 Å². The van der Waals surface area contributed by atoms with Crippen molar-refractivity contribution >= 4 is 11.6 Å². The monoisotopic (exact) mass is 412 g/mol. The van der Waals surface area contributed by atoms with Crippen LogP contribution in [0.2, 0.25) is 0 Å². The molecule has 3 N–H and O–H groups in total. The van der Waals surface area contributed by atoms with E-state index in [4.69, 9.17) is 0 Å². The molecule has 1 saturated heterocycles. The Kier molecular flexibility index (Phi) is 10.3. The second kappa shape index (κ2) is 13.0. The van der Waals surface area contributed by atoms with Crippen molar-refractivity contribution in [2.24, 2.45) is 0 Å². The van der Waals surface area contributed by atoms with Crippen LogP contribution in [0.4, 0.5) is 5.69 Å². The molecule has 2 aromatic carbocycles. The molecule has 1 atom stereocenters. The Hall–Kier alpha value is -2.41. The van der Waals surface area contributed by atoms with E-state index >= 15 is 0 Å².